The molecule has 3 N–H and O–H groups in total. The highest BCUT2D eigenvalue weighted by Crippen LogP contribution is 2.31. The van der Waals surface area contributed by atoms with E-state index >= 15 is 0 Å². The zero-order valence-corrected chi connectivity index (χ0v) is 19.4. The van der Waals surface area contributed by atoms with Crippen molar-refractivity contribution < 1.29 is 18.7 Å². The van der Waals surface area contributed by atoms with E-state index in [1.807, 2.05) is 24.3 Å². The van der Waals surface area contributed by atoms with E-state index < -0.39 is 17.9 Å². The standard InChI is InChI=1S/C26H25FN6O3/c27-19-5-7-20(8-6-19)30-25-22(24(29)34)15-33(31-25)23-9-10-32(14-18(23)13-28)26(35)36-21-11-16-3-1-2-4-17(16)12-21/h1-8,15,18,21,23H,9-12,14H2,(H2,29,34)(H,30,31)/t18-,23-/m0/s1. The van der Waals surface area contributed by atoms with Crippen LogP contribution in [0.3, 0.4) is 0 Å². The number of nitrogens with two attached hydrogens (primary N) is 1. The molecule has 1 aliphatic heterocycles. The maximum atomic E-state index is 13.2. The fraction of sp³-hybridized carbons (Fsp3) is 0.308. The molecular weight excluding hydrogens is 463 g/mol. The van der Waals surface area contributed by atoms with Gasteiger partial charge in [0.15, 0.2) is 5.82 Å². The monoisotopic (exact) mass is 488 g/mol. The zero-order chi connectivity index (χ0) is 25.2. The summed E-state index contributed by atoms with van der Waals surface area (Å²) in [7, 11) is 0. The van der Waals surface area contributed by atoms with Crippen molar-refractivity contribution in [2.75, 3.05) is 18.4 Å². The second-order valence-electron chi connectivity index (χ2n) is 9.09. The number of benzene rings is 2. The molecule has 2 heterocycles. The number of rotatable bonds is 5. The largest absolute Gasteiger partial charge is 0.445 e. The van der Waals surface area contributed by atoms with Crippen molar-refractivity contribution in [2.45, 2.75) is 31.4 Å². The van der Waals surface area contributed by atoms with Crippen LogP contribution in [0.5, 0.6) is 0 Å². The molecule has 5 rings (SSSR count). The number of anilines is 2. The van der Waals surface area contributed by atoms with Crippen LogP contribution in [-0.2, 0) is 17.6 Å². The predicted molar refractivity (Wildman–Crippen MR) is 129 cm³/mol. The van der Waals surface area contributed by atoms with Crippen LogP contribution in [0.15, 0.2) is 54.7 Å². The van der Waals surface area contributed by atoms with Crippen LogP contribution in [0, 0.1) is 23.1 Å². The summed E-state index contributed by atoms with van der Waals surface area (Å²) >= 11 is 0. The maximum absolute atomic E-state index is 13.2. The summed E-state index contributed by atoms with van der Waals surface area (Å²) in [6.45, 7) is 0.569. The van der Waals surface area contributed by atoms with Gasteiger partial charge in [0.1, 0.15) is 17.5 Å². The Morgan fingerprint density at radius 2 is 1.83 bits per heavy atom. The summed E-state index contributed by atoms with van der Waals surface area (Å²) in [6, 6.07) is 15.6. The highest BCUT2D eigenvalue weighted by molar-refractivity contribution is 5.98. The van der Waals surface area contributed by atoms with Gasteiger partial charge in [0.25, 0.3) is 5.91 Å². The molecule has 2 atom stereocenters. The fourth-order valence-corrected chi connectivity index (χ4v) is 4.87. The smallest absolute Gasteiger partial charge is 0.410 e. The molecule has 10 heteroatoms. The number of piperidine rings is 1. The third kappa shape index (κ3) is 4.73. The molecule has 1 saturated heterocycles. The van der Waals surface area contributed by atoms with Gasteiger partial charge in [-0.3, -0.25) is 9.48 Å². The molecule has 1 aromatic heterocycles. The van der Waals surface area contributed by atoms with E-state index in [2.05, 4.69) is 16.5 Å². The Morgan fingerprint density at radius 3 is 2.47 bits per heavy atom. The highest BCUT2D eigenvalue weighted by atomic mass is 19.1. The van der Waals surface area contributed by atoms with Gasteiger partial charge in [-0.1, -0.05) is 24.3 Å². The number of fused-ring (bicyclic) bond motifs is 1. The molecule has 184 valence electrons. The number of primary amides is 1. The molecule has 9 nitrogen and oxygen atoms in total. The summed E-state index contributed by atoms with van der Waals surface area (Å²) in [5.74, 6) is -1.42. The lowest BCUT2D eigenvalue weighted by molar-refractivity contribution is 0.0499. The molecule has 0 radical (unpaired) electrons. The third-order valence-corrected chi connectivity index (χ3v) is 6.73. The number of amides is 2. The molecule has 3 aromatic rings. The van der Waals surface area contributed by atoms with E-state index in [1.165, 1.54) is 41.6 Å². The molecule has 0 spiro atoms. The van der Waals surface area contributed by atoms with Crippen molar-refractivity contribution in [1.82, 2.24) is 14.7 Å². The van der Waals surface area contributed by atoms with E-state index in [4.69, 9.17) is 10.5 Å². The molecule has 36 heavy (non-hydrogen) atoms. The van der Waals surface area contributed by atoms with Crippen molar-refractivity contribution in [1.29, 1.82) is 5.26 Å². The molecule has 0 unspecified atom stereocenters. The third-order valence-electron chi connectivity index (χ3n) is 6.73. The van der Waals surface area contributed by atoms with Gasteiger partial charge in [-0.05, 0) is 41.8 Å². The summed E-state index contributed by atoms with van der Waals surface area (Å²) in [4.78, 5) is 26.5. The van der Waals surface area contributed by atoms with E-state index in [1.54, 1.807) is 9.58 Å². The van der Waals surface area contributed by atoms with Crippen molar-refractivity contribution in [2.24, 2.45) is 11.7 Å². The Bertz CT molecular complexity index is 1310. The highest BCUT2D eigenvalue weighted by Gasteiger charge is 2.36. The molecule has 2 amide bonds. The van der Waals surface area contributed by atoms with Gasteiger partial charge in [0.05, 0.1) is 18.0 Å². The van der Waals surface area contributed by atoms with Gasteiger partial charge in [0.2, 0.25) is 0 Å². The number of nitrogens with one attached hydrogen (secondary N) is 1. The second kappa shape index (κ2) is 9.70. The number of hydrogen-bond donors (Lipinski definition) is 2. The number of nitrogens with zero attached hydrogens (tertiary/aromatic N) is 4. The second-order valence-corrected chi connectivity index (χ2v) is 9.09. The minimum Gasteiger partial charge on any atom is -0.445 e. The summed E-state index contributed by atoms with van der Waals surface area (Å²) in [6.07, 6.45) is 2.70. The Balaban J connectivity index is 1.26. The molecule has 2 aromatic carbocycles. The predicted octanol–water partition coefficient (Wildman–Crippen LogP) is 3.56. The summed E-state index contributed by atoms with van der Waals surface area (Å²) < 4.78 is 20.5. The van der Waals surface area contributed by atoms with Crippen LogP contribution in [0.2, 0.25) is 0 Å². The van der Waals surface area contributed by atoms with Crippen LogP contribution in [0.25, 0.3) is 0 Å². The number of hydrogen-bond acceptors (Lipinski definition) is 6. The average molecular weight is 489 g/mol. The van der Waals surface area contributed by atoms with Crippen LogP contribution in [0.4, 0.5) is 20.7 Å². The van der Waals surface area contributed by atoms with E-state index in [9.17, 15) is 19.2 Å². The van der Waals surface area contributed by atoms with Crippen molar-refractivity contribution in [3.63, 3.8) is 0 Å². The van der Waals surface area contributed by atoms with Gasteiger partial charge in [-0.15, -0.1) is 0 Å². The first-order chi connectivity index (χ1) is 17.4. The summed E-state index contributed by atoms with van der Waals surface area (Å²) in [5, 5.41) is 17.3. The molecule has 0 bridgehead atoms. The van der Waals surface area contributed by atoms with E-state index in [0.717, 1.165) is 0 Å². The van der Waals surface area contributed by atoms with Gasteiger partial charge in [-0.25, -0.2) is 9.18 Å². The van der Waals surface area contributed by atoms with Crippen molar-refractivity contribution in [3.05, 3.63) is 77.2 Å². The number of carbonyl (C=O) groups excluding carboxylic acids is 2. The number of likely N-dealkylation sites (tertiary alicyclic amines) is 1. The van der Waals surface area contributed by atoms with E-state index in [0.29, 0.717) is 31.5 Å². The SMILES string of the molecule is N#C[C@H]1CN(C(=O)OC2Cc3ccccc3C2)CC[C@@H]1n1cc(C(N)=O)c(Nc2ccc(F)cc2)n1. The van der Waals surface area contributed by atoms with Crippen LogP contribution in [0.1, 0.15) is 33.9 Å². The lowest BCUT2D eigenvalue weighted by Crippen LogP contribution is -2.45. The number of halogens is 1. The molecule has 2 aliphatic rings. The van der Waals surface area contributed by atoms with Gasteiger partial charge < -0.3 is 20.7 Å². The number of ether oxygens (including phenoxy) is 1. The topological polar surface area (TPSA) is 126 Å². The van der Waals surface area contributed by atoms with Crippen LogP contribution in [-0.4, -0.2) is 45.9 Å². The van der Waals surface area contributed by atoms with Crippen molar-refractivity contribution in [3.8, 4) is 6.07 Å². The van der Waals surface area contributed by atoms with Gasteiger partial charge >= 0.3 is 6.09 Å². The minimum atomic E-state index is -0.682. The number of carbonyl (C=O) groups is 2. The molecule has 1 aliphatic carbocycles. The number of nitriles is 1. The summed E-state index contributed by atoms with van der Waals surface area (Å²) in [5.41, 5.74) is 8.62. The minimum absolute atomic E-state index is 0.152. The van der Waals surface area contributed by atoms with Gasteiger partial charge in [0, 0.05) is 37.8 Å². The maximum Gasteiger partial charge on any atom is 0.410 e. The molecular formula is C26H25FN6O3. The fourth-order valence-electron chi connectivity index (χ4n) is 4.87. The average Bonchev–Trinajstić information content (AvgIpc) is 3.48. The molecule has 0 saturated carbocycles. The van der Waals surface area contributed by atoms with Crippen molar-refractivity contribution >= 4 is 23.5 Å². The van der Waals surface area contributed by atoms with E-state index in [-0.39, 0.29) is 35.9 Å². The Hall–Kier alpha value is -4.39. The Morgan fingerprint density at radius 1 is 1.14 bits per heavy atom. The lowest BCUT2D eigenvalue weighted by Gasteiger charge is -2.35. The lowest BCUT2D eigenvalue weighted by atomic mass is 9.94. The Labute approximate surface area is 207 Å². The van der Waals surface area contributed by atoms with Gasteiger partial charge in [-0.2, -0.15) is 10.4 Å². The first-order valence-electron chi connectivity index (χ1n) is 11.7. The quantitative estimate of drug-likeness (QED) is 0.566. The van der Waals surface area contributed by atoms with Crippen LogP contribution >= 0.6 is 0 Å². The first kappa shape index (κ1) is 23.4. The first-order valence-corrected chi connectivity index (χ1v) is 11.7. The van der Waals surface area contributed by atoms with Crippen LogP contribution < -0.4 is 11.1 Å². The Kier molecular flexibility index (Phi) is 6.29. The number of aromatic nitrogens is 2. The normalized spacial score (nSPS) is 19.4. The zero-order valence-electron chi connectivity index (χ0n) is 19.4. The molecule has 1 fully saturated rings.